The molecule has 108 valence electrons. The first-order valence-electron chi connectivity index (χ1n) is 6.92. The Morgan fingerprint density at radius 3 is 2.80 bits per heavy atom. The van der Waals surface area contributed by atoms with Crippen LogP contribution in [0.5, 0.6) is 0 Å². The molecule has 1 heterocycles. The first-order valence-corrected chi connectivity index (χ1v) is 6.92. The quantitative estimate of drug-likeness (QED) is 0.886. The van der Waals surface area contributed by atoms with Gasteiger partial charge in [0.25, 0.3) is 0 Å². The fourth-order valence-electron chi connectivity index (χ4n) is 2.58. The lowest BCUT2D eigenvalue weighted by molar-refractivity contribution is -0.141. The van der Waals surface area contributed by atoms with Gasteiger partial charge in [0.1, 0.15) is 0 Å². The summed E-state index contributed by atoms with van der Waals surface area (Å²) in [6.45, 7) is 3.96. The van der Waals surface area contributed by atoms with Gasteiger partial charge in [-0.05, 0) is 31.4 Å². The van der Waals surface area contributed by atoms with E-state index in [0.717, 1.165) is 17.7 Å². The van der Waals surface area contributed by atoms with Crippen LogP contribution in [0.1, 0.15) is 25.8 Å². The van der Waals surface area contributed by atoms with Crippen LogP contribution in [-0.2, 0) is 11.2 Å². The molecule has 0 radical (unpaired) electrons. The molecule has 5 nitrogen and oxygen atoms in total. The number of amides is 2. The van der Waals surface area contributed by atoms with Gasteiger partial charge in [0.05, 0.1) is 5.92 Å². The number of rotatable bonds is 4. The number of urea groups is 1. The van der Waals surface area contributed by atoms with Crippen LogP contribution in [0.15, 0.2) is 24.3 Å². The summed E-state index contributed by atoms with van der Waals surface area (Å²) in [5, 5.41) is 11.7. The van der Waals surface area contributed by atoms with E-state index < -0.39 is 11.9 Å². The fourth-order valence-corrected chi connectivity index (χ4v) is 2.58. The van der Waals surface area contributed by atoms with Crippen LogP contribution in [0.25, 0.3) is 0 Å². The smallest absolute Gasteiger partial charge is 0.322 e. The molecule has 2 unspecified atom stereocenters. The molecule has 2 amide bonds. The van der Waals surface area contributed by atoms with Gasteiger partial charge >= 0.3 is 12.0 Å². The number of aliphatic carboxylic acids is 1. The summed E-state index contributed by atoms with van der Waals surface area (Å²) in [4.78, 5) is 25.0. The van der Waals surface area contributed by atoms with E-state index in [9.17, 15) is 9.59 Å². The van der Waals surface area contributed by atoms with Crippen molar-refractivity contribution in [3.8, 4) is 0 Å². The second-order valence-electron chi connectivity index (χ2n) is 5.18. The van der Waals surface area contributed by atoms with E-state index in [0.29, 0.717) is 6.42 Å². The van der Waals surface area contributed by atoms with Gasteiger partial charge in [-0.3, -0.25) is 9.69 Å². The van der Waals surface area contributed by atoms with Crippen LogP contribution in [0.4, 0.5) is 10.5 Å². The zero-order chi connectivity index (χ0) is 14.7. The predicted molar refractivity (Wildman–Crippen MR) is 76.9 cm³/mol. The maximum atomic E-state index is 12.3. The average Bonchev–Trinajstić information content (AvgIpc) is 2.74. The largest absolute Gasteiger partial charge is 0.481 e. The van der Waals surface area contributed by atoms with Crippen molar-refractivity contribution in [1.82, 2.24) is 5.32 Å². The highest BCUT2D eigenvalue weighted by atomic mass is 16.4. The summed E-state index contributed by atoms with van der Waals surface area (Å²) >= 11 is 0. The topological polar surface area (TPSA) is 69.6 Å². The number of anilines is 1. The van der Waals surface area contributed by atoms with Gasteiger partial charge in [0.2, 0.25) is 0 Å². The number of fused-ring (bicyclic) bond motifs is 1. The van der Waals surface area contributed by atoms with E-state index >= 15 is 0 Å². The van der Waals surface area contributed by atoms with Crippen LogP contribution in [0.3, 0.4) is 0 Å². The van der Waals surface area contributed by atoms with Gasteiger partial charge in [-0.25, -0.2) is 4.79 Å². The normalized spacial score (nSPS) is 18.5. The molecule has 0 fully saturated rings. The molecule has 1 aromatic carbocycles. The minimum absolute atomic E-state index is 0.0947. The highest BCUT2D eigenvalue weighted by molar-refractivity contribution is 5.95. The molecule has 0 saturated heterocycles. The first kappa shape index (κ1) is 14.4. The van der Waals surface area contributed by atoms with E-state index in [2.05, 4.69) is 5.32 Å². The van der Waals surface area contributed by atoms with Gasteiger partial charge in [0, 0.05) is 18.3 Å². The Balaban J connectivity index is 2.05. The molecule has 1 aromatic rings. The molecule has 0 aliphatic carbocycles. The van der Waals surface area contributed by atoms with Crippen molar-refractivity contribution in [2.45, 2.75) is 32.7 Å². The van der Waals surface area contributed by atoms with Crippen molar-refractivity contribution < 1.29 is 14.7 Å². The number of nitrogens with one attached hydrogen (secondary N) is 1. The molecule has 0 bridgehead atoms. The zero-order valence-electron chi connectivity index (χ0n) is 11.8. The third-order valence-corrected chi connectivity index (χ3v) is 3.77. The average molecular weight is 276 g/mol. The Morgan fingerprint density at radius 2 is 2.15 bits per heavy atom. The van der Waals surface area contributed by atoms with E-state index in [1.54, 1.807) is 11.8 Å². The standard InChI is InChI=1S/C15H20N2O3/c1-3-11(14(18)19)9-16-15(20)17-10(2)8-12-6-4-5-7-13(12)17/h4-7,10-11H,3,8-9H2,1-2H3,(H,16,20)(H,18,19). The number of benzene rings is 1. The number of carboxylic acids is 1. The molecule has 1 aliphatic heterocycles. The Bertz CT molecular complexity index is 516. The van der Waals surface area contributed by atoms with Gasteiger partial charge in [-0.1, -0.05) is 25.1 Å². The third-order valence-electron chi connectivity index (χ3n) is 3.77. The third kappa shape index (κ3) is 2.76. The Labute approximate surface area is 118 Å². The summed E-state index contributed by atoms with van der Waals surface area (Å²) in [7, 11) is 0. The summed E-state index contributed by atoms with van der Waals surface area (Å²) < 4.78 is 0. The molecule has 1 aliphatic rings. The maximum absolute atomic E-state index is 12.3. The summed E-state index contributed by atoms with van der Waals surface area (Å²) in [6.07, 6.45) is 1.33. The highest BCUT2D eigenvalue weighted by Crippen LogP contribution is 2.31. The van der Waals surface area contributed by atoms with Crippen LogP contribution in [-0.4, -0.2) is 29.7 Å². The van der Waals surface area contributed by atoms with Crippen molar-refractivity contribution in [3.63, 3.8) is 0 Å². The SMILES string of the molecule is CCC(CNC(=O)N1c2ccccc2CC1C)C(=O)O. The van der Waals surface area contributed by atoms with Crippen molar-refractivity contribution >= 4 is 17.7 Å². The predicted octanol–water partition coefficient (Wildman–Crippen LogP) is 2.26. The second kappa shape index (κ2) is 5.94. The molecule has 20 heavy (non-hydrogen) atoms. The van der Waals surface area contributed by atoms with Crippen LogP contribution in [0, 0.1) is 5.92 Å². The number of carbonyl (C=O) groups is 2. The number of hydrogen-bond donors (Lipinski definition) is 2. The number of nitrogens with zero attached hydrogens (tertiary/aromatic N) is 1. The minimum Gasteiger partial charge on any atom is -0.481 e. The molecule has 0 aromatic heterocycles. The summed E-state index contributed by atoms with van der Waals surface area (Å²) in [5.74, 6) is -1.41. The number of para-hydroxylation sites is 1. The van der Waals surface area contributed by atoms with Crippen LogP contribution >= 0.6 is 0 Å². The monoisotopic (exact) mass is 276 g/mol. The van der Waals surface area contributed by atoms with E-state index in [1.807, 2.05) is 31.2 Å². The molecular weight excluding hydrogens is 256 g/mol. The Hall–Kier alpha value is -2.04. The molecule has 2 rings (SSSR count). The summed E-state index contributed by atoms with van der Waals surface area (Å²) in [6, 6.07) is 7.69. The molecule has 2 N–H and O–H groups in total. The lowest BCUT2D eigenvalue weighted by Crippen LogP contribution is -2.45. The van der Waals surface area contributed by atoms with Gasteiger partial charge < -0.3 is 10.4 Å². The van der Waals surface area contributed by atoms with Gasteiger partial charge in [0.15, 0.2) is 0 Å². The molecule has 0 saturated carbocycles. The van der Waals surface area contributed by atoms with E-state index in [1.165, 1.54) is 0 Å². The molecule has 5 heteroatoms. The van der Waals surface area contributed by atoms with Crippen molar-refractivity contribution in [3.05, 3.63) is 29.8 Å². The van der Waals surface area contributed by atoms with Crippen molar-refractivity contribution in [1.29, 1.82) is 0 Å². The molecule has 0 spiro atoms. The number of hydrogen-bond acceptors (Lipinski definition) is 2. The van der Waals surface area contributed by atoms with Crippen LogP contribution in [0.2, 0.25) is 0 Å². The van der Waals surface area contributed by atoms with Crippen LogP contribution < -0.4 is 10.2 Å². The van der Waals surface area contributed by atoms with Crippen molar-refractivity contribution in [2.24, 2.45) is 5.92 Å². The van der Waals surface area contributed by atoms with Crippen molar-refractivity contribution in [2.75, 3.05) is 11.4 Å². The first-order chi connectivity index (χ1) is 9.54. The minimum atomic E-state index is -0.873. The zero-order valence-corrected chi connectivity index (χ0v) is 11.8. The van der Waals surface area contributed by atoms with Gasteiger partial charge in [-0.15, -0.1) is 0 Å². The summed E-state index contributed by atoms with van der Waals surface area (Å²) in [5.41, 5.74) is 2.07. The highest BCUT2D eigenvalue weighted by Gasteiger charge is 2.30. The lowest BCUT2D eigenvalue weighted by Gasteiger charge is -2.24. The molecular formula is C15H20N2O3. The van der Waals surface area contributed by atoms with E-state index in [4.69, 9.17) is 5.11 Å². The fraction of sp³-hybridized carbons (Fsp3) is 0.467. The number of carboxylic acid groups (broad SMARTS) is 1. The van der Waals surface area contributed by atoms with Gasteiger partial charge in [-0.2, -0.15) is 0 Å². The second-order valence-corrected chi connectivity index (χ2v) is 5.18. The maximum Gasteiger partial charge on any atom is 0.322 e. The Morgan fingerprint density at radius 1 is 1.45 bits per heavy atom. The lowest BCUT2D eigenvalue weighted by atomic mass is 10.1. The Kier molecular flexibility index (Phi) is 4.27. The molecule has 2 atom stereocenters. The van der Waals surface area contributed by atoms with E-state index in [-0.39, 0.29) is 18.6 Å². The number of carbonyl (C=O) groups excluding carboxylic acids is 1.